The van der Waals surface area contributed by atoms with E-state index in [0.717, 1.165) is 39.3 Å². The molecule has 0 aromatic heterocycles. The molecule has 3 saturated heterocycles. The maximum atomic E-state index is 12.2. The smallest absolute Gasteiger partial charge is 0.313 e. The van der Waals surface area contributed by atoms with Crippen LogP contribution in [-0.2, 0) is 0 Å². The van der Waals surface area contributed by atoms with Crippen LogP contribution in [0.4, 0.5) is 13.2 Å². The Labute approximate surface area is 113 Å². The fourth-order valence-electron chi connectivity index (χ4n) is 3.25. The lowest BCUT2D eigenvalue weighted by Crippen LogP contribution is -2.66. The molecule has 3 aliphatic rings. The number of nitrogens with one attached hydrogen (secondary N) is 1. The minimum absolute atomic E-state index is 0.190. The third-order valence-electron chi connectivity index (χ3n) is 4.23. The molecule has 3 rings (SSSR count). The molecule has 112 valence electrons. The lowest BCUT2D eigenvalue weighted by Gasteiger charge is -2.50. The SMILES string of the molecule is CCNC(CCCC(F)(F)F)C1CN2CCN1CC2. The zero-order valence-corrected chi connectivity index (χ0v) is 11.5. The second kappa shape index (κ2) is 6.41. The largest absolute Gasteiger partial charge is 0.389 e. The van der Waals surface area contributed by atoms with Crippen LogP contribution in [0, 0.1) is 0 Å². The van der Waals surface area contributed by atoms with Crippen LogP contribution < -0.4 is 5.32 Å². The number of rotatable bonds is 6. The number of nitrogens with zero attached hydrogens (tertiary/aromatic N) is 2. The first-order valence-electron chi connectivity index (χ1n) is 7.26. The Kier molecular flexibility index (Phi) is 5.09. The van der Waals surface area contributed by atoms with E-state index in [2.05, 4.69) is 15.1 Å². The first-order valence-corrected chi connectivity index (χ1v) is 7.26. The molecular formula is C13H24F3N3. The van der Waals surface area contributed by atoms with E-state index in [1.54, 1.807) is 0 Å². The predicted molar refractivity (Wildman–Crippen MR) is 69.2 cm³/mol. The van der Waals surface area contributed by atoms with Gasteiger partial charge in [0.2, 0.25) is 0 Å². The first-order chi connectivity index (χ1) is 8.99. The van der Waals surface area contributed by atoms with Crippen molar-refractivity contribution >= 4 is 0 Å². The number of likely N-dealkylation sites (N-methyl/N-ethyl adjacent to an activating group) is 1. The predicted octanol–water partition coefficient (Wildman–Crippen LogP) is 1.70. The highest BCUT2D eigenvalue weighted by molar-refractivity contribution is 4.94. The molecule has 2 atom stereocenters. The number of hydrogen-bond donors (Lipinski definition) is 1. The molecule has 0 amide bonds. The minimum atomic E-state index is -4.02. The fraction of sp³-hybridized carbons (Fsp3) is 1.00. The van der Waals surface area contributed by atoms with Gasteiger partial charge in [-0.15, -0.1) is 0 Å². The van der Waals surface area contributed by atoms with Crippen molar-refractivity contribution in [2.45, 2.75) is 44.4 Å². The molecule has 1 N–H and O–H groups in total. The lowest BCUT2D eigenvalue weighted by molar-refractivity contribution is -0.136. The van der Waals surface area contributed by atoms with Crippen LogP contribution in [0.3, 0.4) is 0 Å². The maximum Gasteiger partial charge on any atom is 0.389 e. The van der Waals surface area contributed by atoms with Crippen LogP contribution in [0.5, 0.6) is 0 Å². The number of piperazine rings is 3. The van der Waals surface area contributed by atoms with Crippen LogP contribution in [0.25, 0.3) is 0 Å². The van der Waals surface area contributed by atoms with Gasteiger partial charge in [0.1, 0.15) is 0 Å². The summed E-state index contributed by atoms with van der Waals surface area (Å²) in [5, 5.41) is 3.39. The van der Waals surface area contributed by atoms with Crippen LogP contribution in [0.2, 0.25) is 0 Å². The molecule has 0 aromatic rings. The Morgan fingerprint density at radius 1 is 1.21 bits per heavy atom. The van der Waals surface area contributed by atoms with E-state index < -0.39 is 12.6 Å². The van der Waals surface area contributed by atoms with E-state index in [1.165, 1.54) is 0 Å². The molecule has 6 heteroatoms. The molecule has 0 spiro atoms. The normalized spacial score (nSPS) is 32.5. The first kappa shape index (κ1) is 15.1. The van der Waals surface area contributed by atoms with Crippen molar-refractivity contribution in [1.29, 1.82) is 0 Å². The molecule has 3 nitrogen and oxygen atoms in total. The number of hydrogen-bond acceptors (Lipinski definition) is 3. The fourth-order valence-corrected chi connectivity index (χ4v) is 3.25. The summed E-state index contributed by atoms with van der Waals surface area (Å²) in [7, 11) is 0. The Bertz CT molecular complexity index is 275. The van der Waals surface area contributed by atoms with Crippen LogP contribution >= 0.6 is 0 Å². The molecule has 2 bridgehead atoms. The van der Waals surface area contributed by atoms with E-state index in [0.29, 0.717) is 12.5 Å². The van der Waals surface area contributed by atoms with Gasteiger partial charge in [-0.05, 0) is 19.4 Å². The lowest BCUT2D eigenvalue weighted by atomic mass is 9.95. The second-order valence-corrected chi connectivity index (χ2v) is 5.58. The Morgan fingerprint density at radius 3 is 2.37 bits per heavy atom. The van der Waals surface area contributed by atoms with Crippen molar-refractivity contribution in [3.63, 3.8) is 0 Å². The molecule has 19 heavy (non-hydrogen) atoms. The number of alkyl halides is 3. The van der Waals surface area contributed by atoms with Gasteiger partial charge in [0.15, 0.2) is 0 Å². The number of fused-ring (bicyclic) bond motifs is 3. The second-order valence-electron chi connectivity index (χ2n) is 5.58. The van der Waals surface area contributed by atoms with Gasteiger partial charge >= 0.3 is 6.18 Å². The molecule has 2 unspecified atom stereocenters. The summed E-state index contributed by atoms with van der Waals surface area (Å²) in [5.74, 6) is 0. The highest BCUT2D eigenvalue weighted by atomic mass is 19.4. The standard InChI is InChI=1S/C13H24F3N3/c1-2-17-11(4-3-5-13(14,15)16)12-10-18-6-8-19(12)9-7-18/h11-12,17H,2-10H2,1H3. The minimum Gasteiger partial charge on any atom is -0.313 e. The molecule has 3 heterocycles. The Hall–Kier alpha value is -0.330. The molecular weight excluding hydrogens is 255 g/mol. The summed E-state index contributed by atoms with van der Waals surface area (Å²) in [4.78, 5) is 4.87. The van der Waals surface area contributed by atoms with Crippen molar-refractivity contribution in [1.82, 2.24) is 15.1 Å². The summed E-state index contributed by atoms with van der Waals surface area (Å²) in [6.45, 7) is 8.19. The molecule has 0 aliphatic carbocycles. The van der Waals surface area contributed by atoms with Gasteiger partial charge in [-0.3, -0.25) is 9.80 Å². The van der Waals surface area contributed by atoms with E-state index in [4.69, 9.17) is 0 Å². The van der Waals surface area contributed by atoms with Crippen molar-refractivity contribution in [3.05, 3.63) is 0 Å². The van der Waals surface area contributed by atoms with Crippen molar-refractivity contribution in [3.8, 4) is 0 Å². The Balaban J connectivity index is 1.85. The van der Waals surface area contributed by atoms with E-state index in [9.17, 15) is 13.2 Å². The maximum absolute atomic E-state index is 12.2. The summed E-state index contributed by atoms with van der Waals surface area (Å²) >= 11 is 0. The zero-order valence-electron chi connectivity index (χ0n) is 11.5. The van der Waals surface area contributed by atoms with Crippen molar-refractivity contribution < 1.29 is 13.2 Å². The summed E-state index contributed by atoms with van der Waals surface area (Å²) in [5.41, 5.74) is 0. The van der Waals surface area contributed by atoms with Gasteiger partial charge < -0.3 is 5.32 Å². The quantitative estimate of drug-likeness (QED) is 0.798. The highest BCUT2D eigenvalue weighted by Crippen LogP contribution is 2.25. The van der Waals surface area contributed by atoms with Gasteiger partial charge in [0.05, 0.1) is 0 Å². The third-order valence-corrected chi connectivity index (χ3v) is 4.23. The van der Waals surface area contributed by atoms with Gasteiger partial charge in [0.25, 0.3) is 0 Å². The van der Waals surface area contributed by atoms with Crippen molar-refractivity contribution in [2.24, 2.45) is 0 Å². The molecule has 0 radical (unpaired) electrons. The number of halogens is 3. The van der Waals surface area contributed by atoms with Gasteiger partial charge in [-0.1, -0.05) is 6.92 Å². The molecule has 3 fully saturated rings. The van der Waals surface area contributed by atoms with Gasteiger partial charge in [-0.25, -0.2) is 0 Å². The van der Waals surface area contributed by atoms with Gasteiger partial charge in [-0.2, -0.15) is 13.2 Å². The highest BCUT2D eigenvalue weighted by Gasteiger charge is 2.36. The monoisotopic (exact) mass is 279 g/mol. The summed E-state index contributed by atoms with van der Waals surface area (Å²) in [6.07, 6.45) is -3.84. The van der Waals surface area contributed by atoms with E-state index in [-0.39, 0.29) is 12.5 Å². The van der Waals surface area contributed by atoms with Crippen LogP contribution in [0.15, 0.2) is 0 Å². The summed E-state index contributed by atoms with van der Waals surface area (Å²) in [6, 6.07) is 0.575. The van der Waals surface area contributed by atoms with Crippen LogP contribution in [0.1, 0.15) is 26.2 Å². The topological polar surface area (TPSA) is 18.5 Å². The Morgan fingerprint density at radius 2 is 1.89 bits per heavy atom. The van der Waals surface area contributed by atoms with Crippen molar-refractivity contribution in [2.75, 3.05) is 39.3 Å². The van der Waals surface area contributed by atoms with Gasteiger partial charge in [0, 0.05) is 51.2 Å². The summed E-state index contributed by atoms with van der Waals surface area (Å²) < 4.78 is 36.7. The average Bonchev–Trinajstić information content (AvgIpc) is 2.37. The van der Waals surface area contributed by atoms with Crippen LogP contribution in [-0.4, -0.2) is 67.3 Å². The third kappa shape index (κ3) is 4.33. The molecule has 0 saturated carbocycles. The van der Waals surface area contributed by atoms with E-state index >= 15 is 0 Å². The van der Waals surface area contributed by atoms with E-state index in [1.807, 2.05) is 6.92 Å². The average molecular weight is 279 g/mol. The molecule has 3 aliphatic heterocycles. The zero-order chi connectivity index (χ0) is 13.9. The molecule has 0 aromatic carbocycles.